The molecule has 0 aromatic heterocycles. The molecule has 0 saturated heterocycles. The van der Waals surface area contributed by atoms with E-state index in [1.165, 1.54) is 103 Å². The van der Waals surface area contributed by atoms with Crippen molar-refractivity contribution in [2.75, 3.05) is 19.6 Å². The van der Waals surface area contributed by atoms with Gasteiger partial charge in [0.05, 0.1) is 19.6 Å². The molecule has 2 nitrogen and oxygen atoms in total. The largest absolute Gasteiger partial charge is 0.633 e. The summed E-state index contributed by atoms with van der Waals surface area (Å²) in [5.74, 6) is 0. The Balaban J connectivity index is 3.48. The zero-order valence-electron chi connectivity index (χ0n) is 18.7. The summed E-state index contributed by atoms with van der Waals surface area (Å²) in [7, 11) is 0. The van der Waals surface area contributed by atoms with E-state index in [0.717, 1.165) is 32.5 Å². The van der Waals surface area contributed by atoms with Gasteiger partial charge >= 0.3 is 0 Å². The van der Waals surface area contributed by atoms with Gasteiger partial charge in [0.25, 0.3) is 0 Å². The molecule has 1 atom stereocenters. The third-order valence-electron chi connectivity index (χ3n) is 5.91. The molecule has 2 heteroatoms. The molecular weight excluding hydrogens is 318 g/mol. The SMILES string of the molecule is CCCCCCCCCCCC[N+]([O-])(CC)CCCCCCCCCC. The van der Waals surface area contributed by atoms with Crippen LogP contribution in [0.15, 0.2) is 0 Å². The van der Waals surface area contributed by atoms with Crippen LogP contribution in [0, 0.1) is 5.21 Å². The molecule has 26 heavy (non-hydrogen) atoms. The van der Waals surface area contributed by atoms with Gasteiger partial charge in [0, 0.05) is 0 Å². The monoisotopic (exact) mass is 369 g/mol. The van der Waals surface area contributed by atoms with Crippen LogP contribution in [-0.4, -0.2) is 24.3 Å². The highest BCUT2D eigenvalue weighted by Crippen LogP contribution is 2.15. The van der Waals surface area contributed by atoms with Crippen LogP contribution in [0.3, 0.4) is 0 Å². The van der Waals surface area contributed by atoms with Crippen molar-refractivity contribution in [3.05, 3.63) is 5.21 Å². The molecule has 0 aliphatic rings. The quantitative estimate of drug-likeness (QED) is 0.113. The van der Waals surface area contributed by atoms with Gasteiger partial charge < -0.3 is 9.85 Å². The fraction of sp³-hybridized carbons (Fsp3) is 1.00. The van der Waals surface area contributed by atoms with E-state index >= 15 is 0 Å². The maximum Gasteiger partial charge on any atom is 0.0783 e. The van der Waals surface area contributed by atoms with Crippen molar-refractivity contribution in [2.45, 2.75) is 136 Å². The van der Waals surface area contributed by atoms with Crippen LogP contribution in [0.5, 0.6) is 0 Å². The molecule has 0 radical (unpaired) electrons. The molecule has 0 bridgehead atoms. The second-order valence-corrected chi connectivity index (χ2v) is 8.48. The average molecular weight is 370 g/mol. The van der Waals surface area contributed by atoms with E-state index in [0.29, 0.717) is 0 Å². The summed E-state index contributed by atoms with van der Waals surface area (Å²) in [5.41, 5.74) is 0. The smallest absolute Gasteiger partial charge is 0.0783 e. The third-order valence-corrected chi connectivity index (χ3v) is 5.91. The molecular formula is C24H51NO. The predicted octanol–water partition coefficient (Wildman–Crippen LogP) is 8.38. The molecule has 0 rings (SSSR count). The topological polar surface area (TPSA) is 23.1 Å². The molecule has 0 saturated carbocycles. The number of hydroxylamine groups is 3. The van der Waals surface area contributed by atoms with Gasteiger partial charge in [-0.2, -0.15) is 0 Å². The molecule has 0 aliphatic heterocycles. The number of rotatable bonds is 21. The van der Waals surface area contributed by atoms with Crippen molar-refractivity contribution in [2.24, 2.45) is 0 Å². The lowest BCUT2D eigenvalue weighted by molar-refractivity contribution is -0.879. The third kappa shape index (κ3) is 17.3. The van der Waals surface area contributed by atoms with Crippen LogP contribution in [0.4, 0.5) is 0 Å². The normalized spacial score (nSPS) is 13.8. The Kier molecular flexibility index (Phi) is 19.6. The molecule has 0 spiro atoms. The van der Waals surface area contributed by atoms with Crippen LogP contribution < -0.4 is 0 Å². The Morgan fingerprint density at radius 1 is 0.423 bits per heavy atom. The summed E-state index contributed by atoms with van der Waals surface area (Å²) in [6, 6.07) is 0. The number of hydrogen-bond acceptors (Lipinski definition) is 1. The summed E-state index contributed by atoms with van der Waals surface area (Å²) in [6.45, 7) is 9.08. The lowest BCUT2D eigenvalue weighted by atomic mass is 10.1. The zero-order valence-corrected chi connectivity index (χ0v) is 18.7. The Morgan fingerprint density at radius 2 is 0.692 bits per heavy atom. The van der Waals surface area contributed by atoms with Gasteiger partial charge in [0.15, 0.2) is 0 Å². The number of unbranched alkanes of at least 4 members (excludes halogenated alkanes) is 16. The minimum atomic E-state index is 0.0624. The summed E-state index contributed by atoms with van der Waals surface area (Å²) in [5, 5.41) is 12.8. The van der Waals surface area contributed by atoms with E-state index in [-0.39, 0.29) is 4.65 Å². The van der Waals surface area contributed by atoms with Crippen molar-refractivity contribution in [3.8, 4) is 0 Å². The van der Waals surface area contributed by atoms with Crippen LogP contribution in [0.2, 0.25) is 0 Å². The lowest BCUT2D eigenvalue weighted by Gasteiger charge is -2.42. The van der Waals surface area contributed by atoms with Gasteiger partial charge in [-0.3, -0.25) is 0 Å². The first kappa shape index (κ1) is 25.9. The number of quaternary nitrogens is 1. The minimum absolute atomic E-state index is 0.0624. The molecule has 0 N–H and O–H groups in total. The summed E-state index contributed by atoms with van der Waals surface area (Å²) in [4.78, 5) is 0. The van der Waals surface area contributed by atoms with Crippen molar-refractivity contribution in [3.63, 3.8) is 0 Å². The Bertz CT molecular complexity index is 269. The van der Waals surface area contributed by atoms with E-state index in [1.54, 1.807) is 0 Å². The van der Waals surface area contributed by atoms with E-state index in [1.807, 2.05) is 0 Å². The second kappa shape index (κ2) is 19.7. The maximum absolute atomic E-state index is 12.8. The van der Waals surface area contributed by atoms with Gasteiger partial charge in [0.1, 0.15) is 0 Å². The van der Waals surface area contributed by atoms with Crippen LogP contribution in [0.25, 0.3) is 0 Å². The molecule has 0 aromatic carbocycles. The summed E-state index contributed by atoms with van der Waals surface area (Å²) in [6.07, 6.45) is 24.0. The fourth-order valence-corrected chi connectivity index (χ4v) is 3.85. The first-order chi connectivity index (χ1) is 12.7. The Morgan fingerprint density at radius 3 is 0.962 bits per heavy atom. The Hall–Kier alpha value is -0.0800. The van der Waals surface area contributed by atoms with Gasteiger partial charge in [-0.25, -0.2) is 0 Å². The van der Waals surface area contributed by atoms with Crippen molar-refractivity contribution in [1.29, 1.82) is 0 Å². The van der Waals surface area contributed by atoms with Crippen molar-refractivity contribution < 1.29 is 4.65 Å². The van der Waals surface area contributed by atoms with Crippen molar-refractivity contribution in [1.82, 2.24) is 0 Å². The Labute approximate surface area is 166 Å². The van der Waals surface area contributed by atoms with E-state index in [9.17, 15) is 5.21 Å². The fourth-order valence-electron chi connectivity index (χ4n) is 3.85. The average Bonchev–Trinajstić information content (AvgIpc) is 2.65. The molecule has 158 valence electrons. The van der Waals surface area contributed by atoms with Crippen LogP contribution in [0.1, 0.15) is 136 Å². The van der Waals surface area contributed by atoms with Crippen LogP contribution >= 0.6 is 0 Å². The van der Waals surface area contributed by atoms with Gasteiger partial charge in [0.2, 0.25) is 0 Å². The first-order valence-corrected chi connectivity index (χ1v) is 12.3. The zero-order chi connectivity index (χ0) is 19.3. The van der Waals surface area contributed by atoms with E-state index in [4.69, 9.17) is 0 Å². The molecule has 0 aromatic rings. The van der Waals surface area contributed by atoms with Gasteiger partial charge in [-0.1, -0.05) is 104 Å². The molecule has 1 unspecified atom stereocenters. The molecule has 0 fully saturated rings. The second-order valence-electron chi connectivity index (χ2n) is 8.48. The van der Waals surface area contributed by atoms with E-state index < -0.39 is 0 Å². The maximum atomic E-state index is 12.8. The van der Waals surface area contributed by atoms with Crippen LogP contribution in [-0.2, 0) is 0 Å². The summed E-state index contributed by atoms with van der Waals surface area (Å²) < 4.78 is 0.0624. The van der Waals surface area contributed by atoms with Gasteiger partial charge in [-0.15, -0.1) is 0 Å². The van der Waals surface area contributed by atoms with E-state index in [2.05, 4.69) is 20.8 Å². The standard InChI is InChI=1S/C24H51NO/c1-4-7-9-11-13-15-16-18-20-22-24-25(26,6-3)23-21-19-17-14-12-10-8-5-2/h4-24H2,1-3H3. The summed E-state index contributed by atoms with van der Waals surface area (Å²) >= 11 is 0. The minimum Gasteiger partial charge on any atom is -0.633 e. The molecule has 0 amide bonds. The molecule has 0 heterocycles. The highest BCUT2D eigenvalue weighted by molar-refractivity contribution is 4.51. The highest BCUT2D eigenvalue weighted by Gasteiger charge is 2.13. The lowest BCUT2D eigenvalue weighted by Crippen LogP contribution is -2.43. The van der Waals surface area contributed by atoms with Crippen molar-refractivity contribution >= 4 is 0 Å². The molecule has 0 aliphatic carbocycles. The van der Waals surface area contributed by atoms with Gasteiger partial charge in [-0.05, 0) is 32.6 Å². The first-order valence-electron chi connectivity index (χ1n) is 12.3. The highest BCUT2D eigenvalue weighted by atomic mass is 16.5. The predicted molar refractivity (Wildman–Crippen MR) is 118 cm³/mol. The number of hydrogen-bond donors (Lipinski definition) is 0. The number of nitrogens with zero attached hydrogens (tertiary/aromatic N) is 1.